The Hall–Kier alpha value is -2.25. The molecule has 3 rings (SSSR count). The molecule has 0 atom stereocenters. The van der Waals surface area contributed by atoms with Crippen LogP contribution in [0.3, 0.4) is 0 Å². The van der Waals surface area contributed by atoms with Crippen molar-refractivity contribution < 1.29 is 23.9 Å². The van der Waals surface area contributed by atoms with Crippen LogP contribution in [0.1, 0.15) is 19.8 Å². The normalized spacial score (nSPS) is 14.5. The molecule has 0 bridgehead atoms. The maximum atomic E-state index is 12.3. The van der Waals surface area contributed by atoms with E-state index in [1.807, 2.05) is 36.4 Å². The fourth-order valence-corrected chi connectivity index (χ4v) is 4.66. The molecule has 6 nitrogen and oxygen atoms in total. The topological polar surface area (TPSA) is 72.9 Å². The van der Waals surface area contributed by atoms with Gasteiger partial charge in [-0.25, -0.2) is 0 Å². The lowest BCUT2D eigenvalue weighted by atomic mass is 9.97. The molecule has 1 aliphatic rings. The van der Waals surface area contributed by atoms with Crippen LogP contribution < -0.4 is 0 Å². The molecular formula is C22H24ClNO5S. The third kappa shape index (κ3) is 5.67. The van der Waals surface area contributed by atoms with E-state index in [9.17, 15) is 14.4 Å². The van der Waals surface area contributed by atoms with Crippen LogP contribution in [0.5, 0.6) is 0 Å². The van der Waals surface area contributed by atoms with Gasteiger partial charge in [0.1, 0.15) is 0 Å². The number of hydrogen-bond acceptors (Lipinski definition) is 6. The van der Waals surface area contributed by atoms with E-state index >= 15 is 0 Å². The number of esters is 2. The summed E-state index contributed by atoms with van der Waals surface area (Å²) in [5.74, 6) is -0.993. The first-order valence-corrected chi connectivity index (χ1v) is 11.3. The van der Waals surface area contributed by atoms with Crippen LogP contribution in [0, 0.1) is 5.92 Å². The molecule has 1 fully saturated rings. The van der Waals surface area contributed by atoms with Crippen molar-refractivity contribution in [3.05, 3.63) is 41.4 Å². The average Bonchev–Trinajstić information content (AvgIpc) is 2.76. The Balaban J connectivity index is 1.44. The lowest BCUT2D eigenvalue weighted by molar-refractivity contribution is -0.153. The van der Waals surface area contributed by atoms with E-state index in [-0.39, 0.29) is 30.2 Å². The number of carbonyl (C=O) groups excluding carboxylic acids is 3. The maximum absolute atomic E-state index is 12.3. The summed E-state index contributed by atoms with van der Waals surface area (Å²) in [5, 5.41) is 2.53. The van der Waals surface area contributed by atoms with Gasteiger partial charge in [0.05, 0.1) is 18.3 Å². The number of thioether (sulfide) groups is 1. The molecule has 0 unspecified atom stereocenters. The smallest absolute Gasteiger partial charge is 0.316 e. The number of hydrogen-bond donors (Lipinski definition) is 0. The number of ether oxygens (including phenoxy) is 2. The number of piperidine rings is 1. The number of carbonyl (C=O) groups is 3. The monoisotopic (exact) mass is 449 g/mol. The van der Waals surface area contributed by atoms with Gasteiger partial charge in [0.2, 0.25) is 0 Å². The molecular weight excluding hydrogens is 426 g/mol. The van der Waals surface area contributed by atoms with Crippen molar-refractivity contribution in [3.63, 3.8) is 0 Å². The first-order chi connectivity index (χ1) is 14.5. The molecule has 0 saturated carbocycles. The summed E-state index contributed by atoms with van der Waals surface area (Å²) in [6.45, 7) is 2.76. The summed E-state index contributed by atoms with van der Waals surface area (Å²) < 4.78 is 10.2. The van der Waals surface area contributed by atoms with Crippen LogP contribution in [0.2, 0.25) is 5.02 Å². The van der Waals surface area contributed by atoms with Crippen LogP contribution in [-0.2, 0) is 23.9 Å². The number of nitrogens with zero attached hydrogens (tertiary/aromatic N) is 1. The summed E-state index contributed by atoms with van der Waals surface area (Å²) in [6, 6.07) is 11.5. The summed E-state index contributed by atoms with van der Waals surface area (Å²) >= 11 is 7.64. The molecule has 0 aliphatic carbocycles. The minimum atomic E-state index is -0.459. The molecule has 0 aromatic heterocycles. The minimum Gasteiger partial charge on any atom is -0.466 e. The molecule has 0 N–H and O–H groups in total. The van der Waals surface area contributed by atoms with Crippen molar-refractivity contribution in [2.45, 2.75) is 24.7 Å². The molecule has 1 amide bonds. The Morgan fingerprint density at radius 1 is 1.10 bits per heavy atom. The maximum Gasteiger partial charge on any atom is 0.316 e. The van der Waals surface area contributed by atoms with E-state index < -0.39 is 5.97 Å². The van der Waals surface area contributed by atoms with E-state index in [0.29, 0.717) is 37.6 Å². The van der Waals surface area contributed by atoms with Crippen molar-refractivity contribution in [2.75, 3.05) is 32.1 Å². The summed E-state index contributed by atoms with van der Waals surface area (Å²) in [5.41, 5.74) is 0. The van der Waals surface area contributed by atoms with Crippen LogP contribution in [0.4, 0.5) is 0 Å². The van der Waals surface area contributed by atoms with Gasteiger partial charge in [-0.1, -0.05) is 35.9 Å². The van der Waals surface area contributed by atoms with Gasteiger partial charge < -0.3 is 14.4 Å². The first-order valence-electron chi connectivity index (χ1n) is 9.89. The predicted molar refractivity (Wildman–Crippen MR) is 117 cm³/mol. The van der Waals surface area contributed by atoms with Gasteiger partial charge in [-0.15, -0.1) is 11.8 Å². The zero-order chi connectivity index (χ0) is 21.5. The number of benzene rings is 2. The lowest BCUT2D eigenvalue weighted by Crippen LogP contribution is -2.42. The van der Waals surface area contributed by atoms with Gasteiger partial charge in [-0.3, -0.25) is 14.4 Å². The van der Waals surface area contributed by atoms with Crippen molar-refractivity contribution in [1.82, 2.24) is 4.90 Å². The highest BCUT2D eigenvalue weighted by molar-refractivity contribution is 8.00. The lowest BCUT2D eigenvalue weighted by Gasteiger charge is -2.30. The van der Waals surface area contributed by atoms with E-state index in [4.69, 9.17) is 21.1 Å². The third-order valence-corrected chi connectivity index (χ3v) is 6.33. The average molecular weight is 450 g/mol. The third-order valence-electron chi connectivity index (χ3n) is 4.99. The number of amides is 1. The zero-order valence-electron chi connectivity index (χ0n) is 16.8. The zero-order valence-corrected chi connectivity index (χ0v) is 18.3. The number of halogens is 1. The van der Waals surface area contributed by atoms with Crippen molar-refractivity contribution in [2.24, 2.45) is 5.92 Å². The molecule has 1 saturated heterocycles. The predicted octanol–water partition coefficient (Wildman–Crippen LogP) is 3.93. The Bertz CT molecular complexity index is 922. The van der Waals surface area contributed by atoms with Gasteiger partial charge in [0.15, 0.2) is 6.61 Å². The van der Waals surface area contributed by atoms with E-state index in [2.05, 4.69) is 0 Å². The second-order valence-corrected chi connectivity index (χ2v) is 8.37. The molecule has 30 heavy (non-hydrogen) atoms. The molecule has 2 aromatic carbocycles. The molecule has 160 valence electrons. The number of rotatable bonds is 7. The summed E-state index contributed by atoms with van der Waals surface area (Å²) in [4.78, 5) is 38.7. The summed E-state index contributed by atoms with van der Waals surface area (Å²) in [6.07, 6.45) is 1.13. The highest BCUT2D eigenvalue weighted by atomic mass is 35.5. The highest BCUT2D eigenvalue weighted by Crippen LogP contribution is 2.33. The summed E-state index contributed by atoms with van der Waals surface area (Å²) in [7, 11) is 0. The molecule has 1 aliphatic heterocycles. The fraction of sp³-hybridized carbons (Fsp3) is 0.409. The Morgan fingerprint density at radius 3 is 2.50 bits per heavy atom. The van der Waals surface area contributed by atoms with Crippen molar-refractivity contribution in [3.8, 4) is 0 Å². The van der Waals surface area contributed by atoms with Gasteiger partial charge >= 0.3 is 11.9 Å². The Labute approximate surface area is 184 Å². The largest absolute Gasteiger partial charge is 0.466 e. The molecule has 0 spiro atoms. The number of fused-ring (bicyclic) bond motifs is 1. The molecule has 0 radical (unpaired) electrons. The van der Waals surface area contributed by atoms with E-state index in [1.54, 1.807) is 11.8 Å². The van der Waals surface area contributed by atoms with Gasteiger partial charge in [-0.2, -0.15) is 0 Å². The first kappa shape index (κ1) is 22.4. The fourth-order valence-electron chi connectivity index (χ4n) is 3.42. The Morgan fingerprint density at radius 2 is 1.80 bits per heavy atom. The highest BCUT2D eigenvalue weighted by Gasteiger charge is 2.28. The van der Waals surface area contributed by atoms with Gasteiger partial charge in [-0.05, 0) is 37.3 Å². The molecule has 1 heterocycles. The van der Waals surface area contributed by atoms with Crippen LogP contribution >= 0.6 is 23.4 Å². The second kappa shape index (κ2) is 10.7. The van der Waals surface area contributed by atoms with Crippen LogP contribution in [-0.4, -0.2) is 54.8 Å². The van der Waals surface area contributed by atoms with Crippen molar-refractivity contribution >= 4 is 52.0 Å². The van der Waals surface area contributed by atoms with E-state index in [0.717, 1.165) is 15.7 Å². The van der Waals surface area contributed by atoms with Crippen LogP contribution in [0.25, 0.3) is 10.8 Å². The van der Waals surface area contributed by atoms with Crippen LogP contribution in [0.15, 0.2) is 41.3 Å². The van der Waals surface area contributed by atoms with Gasteiger partial charge in [0.25, 0.3) is 5.91 Å². The quantitative estimate of drug-likeness (QED) is 0.471. The van der Waals surface area contributed by atoms with Gasteiger partial charge in [0, 0.05) is 28.4 Å². The van der Waals surface area contributed by atoms with Crippen molar-refractivity contribution in [1.29, 1.82) is 0 Å². The Kier molecular flexibility index (Phi) is 7.99. The molecule has 8 heteroatoms. The molecule has 2 aromatic rings. The standard InChI is InChI=1S/C22H24ClNO5S/c1-2-28-22(27)16-9-11-24(12-10-16)19(25)13-29-20(26)14-30-18-8-4-6-15-5-3-7-17(23)21(15)18/h3-8,16H,2,9-14H2,1H3. The second-order valence-electron chi connectivity index (χ2n) is 6.95. The number of likely N-dealkylation sites (tertiary alicyclic amines) is 1. The SMILES string of the molecule is CCOC(=O)C1CCN(C(=O)COC(=O)CSc2cccc3cccc(Cl)c23)CC1. The minimum absolute atomic E-state index is 0.0859. The van der Waals surface area contributed by atoms with E-state index in [1.165, 1.54) is 11.8 Å².